The molecule has 0 bridgehead atoms. The Morgan fingerprint density at radius 3 is 2.57 bits per heavy atom. The normalized spacial score (nSPS) is 12.8. The van der Waals surface area contributed by atoms with E-state index in [4.69, 9.17) is 16.3 Å². The number of ether oxygens (including phenoxy) is 2. The third kappa shape index (κ3) is 6.03. The molecule has 0 aliphatic rings. The SMILES string of the molecule is COC(=O)C(C)CCOC(=O)/C=C/S(=O)(=O)c1ccccc1Cl. The zero-order valence-electron chi connectivity index (χ0n) is 12.7. The maximum absolute atomic E-state index is 12.0. The number of hydrogen-bond donors (Lipinski definition) is 0. The van der Waals surface area contributed by atoms with Gasteiger partial charge in [0.15, 0.2) is 0 Å². The van der Waals surface area contributed by atoms with Gasteiger partial charge in [-0.15, -0.1) is 0 Å². The molecule has 0 fully saturated rings. The van der Waals surface area contributed by atoms with Crippen molar-refractivity contribution < 1.29 is 27.5 Å². The van der Waals surface area contributed by atoms with E-state index in [0.717, 1.165) is 11.5 Å². The Labute approximate surface area is 140 Å². The summed E-state index contributed by atoms with van der Waals surface area (Å²) in [5, 5.41) is 0.803. The Morgan fingerprint density at radius 2 is 1.96 bits per heavy atom. The molecule has 126 valence electrons. The minimum absolute atomic E-state index is 0.0222. The highest BCUT2D eigenvalue weighted by Gasteiger charge is 2.16. The molecule has 6 nitrogen and oxygen atoms in total. The van der Waals surface area contributed by atoms with Gasteiger partial charge in [0.25, 0.3) is 0 Å². The van der Waals surface area contributed by atoms with Gasteiger partial charge in [-0.25, -0.2) is 13.2 Å². The molecule has 1 aromatic rings. The number of sulfone groups is 1. The molecule has 8 heteroatoms. The number of halogens is 1. The van der Waals surface area contributed by atoms with E-state index >= 15 is 0 Å². The minimum atomic E-state index is -3.83. The third-order valence-electron chi connectivity index (χ3n) is 2.93. The van der Waals surface area contributed by atoms with Crippen molar-refractivity contribution >= 4 is 33.4 Å². The molecule has 1 aromatic carbocycles. The van der Waals surface area contributed by atoms with Crippen molar-refractivity contribution in [1.29, 1.82) is 0 Å². The summed E-state index contributed by atoms with van der Waals surface area (Å²) in [6, 6.07) is 5.90. The highest BCUT2D eigenvalue weighted by Crippen LogP contribution is 2.22. The number of rotatable bonds is 7. The summed E-state index contributed by atoms with van der Waals surface area (Å²) in [5.41, 5.74) is 0. The summed E-state index contributed by atoms with van der Waals surface area (Å²) < 4.78 is 33.4. The molecular formula is C15H17ClO6S. The van der Waals surface area contributed by atoms with Crippen LogP contribution in [0.4, 0.5) is 0 Å². The number of benzene rings is 1. The van der Waals surface area contributed by atoms with Crippen molar-refractivity contribution in [2.24, 2.45) is 5.92 Å². The van der Waals surface area contributed by atoms with E-state index in [2.05, 4.69) is 4.74 Å². The van der Waals surface area contributed by atoms with Gasteiger partial charge in [-0.05, 0) is 18.6 Å². The first-order valence-corrected chi connectivity index (χ1v) is 8.62. The smallest absolute Gasteiger partial charge is 0.331 e. The second kappa shape index (κ2) is 8.69. The average molecular weight is 361 g/mol. The van der Waals surface area contributed by atoms with E-state index in [-0.39, 0.29) is 22.9 Å². The van der Waals surface area contributed by atoms with Crippen molar-refractivity contribution in [3.05, 3.63) is 40.8 Å². The van der Waals surface area contributed by atoms with Gasteiger partial charge < -0.3 is 9.47 Å². The molecule has 0 aliphatic carbocycles. The van der Waals surface area contributed by atoms with E-state index in [1.165, 1.54) is 25.3 Å². The number of carbonyl (C=O) groups is 2. The van der Waals surface area contributed by atoms with Crippen LogP contribution in [0.1, 0.15) is 13.3 Å². The van der Waals surface area contributed by atoms with Crippen LogP contribution < -0.4 is 0 Å². The fraction of sp³-hybridized carbons (Fsp3) is 0.333. The first kappa shape index (κ1) is 19.2. The van der Waals surface area contributed by atoms with Crippen molar-refractivity contribution in [1.82, 2.24) is 0 Å². The molecule has 0 saturated heterocycles. The predicted octanol–water partition coefficient (Wildman–Crippen LogP) is 2.37. The lowest BCUT2D eigenvalue weighted by Gasteiger charge is -2.08. The highest BCUT2D eigenvalue weighted by atomic mass is 35.5. The van der Waals surface area contributed by atoms with Crippen LogP contribution in [0.5, 0.6) is 0 Å². The van der Waals surface area contributed by atoms with Gasteiger partial charge in [0.2, 0.25) is 9.84 Å². The van der Waals surface area contributed by atoms with Gasteiger partial charge in [0.05, 0.1) is 29.6 Å². The standard InChI is InChI=1S/C15H17ClO6S/c1-11(15(18)21-2)7-9-22-14(17)8-10-23(19,20)13-6-4-3-5-12(13)16/h3-6,8,10-11H,7,9H2,1-2H3/b10-8+. The maximum Gasteiger partial charge on any atom is 0.331 e. The van der Waals surface area contributed by atoms with Crippen molar-refractivity contribution in [3.8, 4) is 0 Å². The zero-order chi connectivity index (χ0) is 17.5. The first-order chi connectivity index (χ1) is 10.8. The number of methoxy groups -OCH3 is 1. The number of esters is 2. The lowest BCUT2D eigenvalue weighted by molar-refractivity contribution is -0.147. The molecule has 0 aromatic heterocycles. The Kier molecular flexibility index (Phi) is 7.25. The van der Waals surface area contributed by atoms with Gasteiger partial charge in [-0.2, -0.15) is 0 Å². The summed E-state index contributed by atoms with van der Waals surface area (Å²) in [6.07, 6.45) is 1.09. The molecule has 1 rings (SSSR count). The van der Waals surface area contributed by atoms with Crippen molar-refractivity contribution in [3.63, 3.8) is 0 Å². The topological polar surface area (TPSA) is 86.7 Å². The second-order valence-corrected chi connectivity index (χ2v) is 6.87. The highest BCUT2D eigenvalue weighted by molar-refractivity contribution is 7.94. The summed E-state index contributed by atoms with van der Waals surface area (Å²) in [5.74, 6) is -1.64. The van der Waals surface area contributed by atoms with Crippen molar-refractivity contribution in [2.75, 3.05) is 13.7 Å². The molecule has 1 unspecified atom stereocenters. The predicted molar refractivity (Wildman–Crippen MR) is 84.5 cm³/mol. The second-order valence-electron chi connectivity index (χ2n) is 4.66. The molecular weight excluding hydrogens is 344 g/mol. The van der Waals surface area contributed by atoms with Crippen LogP contribution in [-0.2, 0) is 28.9 Å². The molecule has 0 heterocycles. The van der Waals surface area contributed by atoms with Crippen LogP contribution in [0.15, 0.2) is 40.6 Å². The maximum atomic E-state index is 12.0. The van der Waals surface area contributed by atoms with Gasteiger partial charge in [0.1, 0.15) is 0 Å². The third-order valence-corrected chi connectivity index (χ3v) is 4.83. The Bertz CT molecular complexity index is 696. The summed E-state index contributed by atoms with van der Waals surface area (Å²) in [4.78, 5) is 22.6. The minimum Gasteiger partial charge on any atom is -0.469 e. The lowest BCUT2D eigenvalue weighted by atomic mass is 10.1. The summed E-state index contributed by atoms with van der Waals surface area (Å²) >= 11 is 5.81. The number of hydrogen-bond acceptors (Lipinski definition) is 6. The van der Waals surface area contributed by atoms with Crippen LogP contribution in [0, 0.1) is 5.92 Å². The average Bonchev–Trinajstić information content (AvgIpc) is 2.52. The van der Waals surface area contributed by atoms with Crippen LogP contribution in [0.25, 0.3) is 0 Å². The van der Waals surface area contributed by atoms with Gasteiger partial charge >= 0.3 is 11.9 Å². The molecule has 1 atom stereocenters. The molecule has 0 saturated carbocycles. The van der Waals surface area contributed by atoms with Gasteiger partial charge in [-0.1, -0.05) is 30.7 Å². The fourth-order valence-electron chi connectivity index (χ4n) is 1.60. The zero-order valence-corrected chi connectivity index (χ0v) is 14.3. The van der Waals surface area contributed by atoms with E-state index in [1.807, 2.05) is 0 Å². The molecule has 0 spiro atoms. The van der Waals surface area contributed by atoms with Gasteiger partial charge in [-0.3, -0.25) is 4.79 Å². The summed E-state index contributed by atoms with van der Waals surface area (Å²) in [7, 11) is -2.56. The molecule has 0 N–H and O–H groups in total. The van der Waals surface area contributed by atoms with E-state index < -0.39 is 27.7 Å². The Balaban J connectivity index is 2.59. The van der Waals surface area contributed by atoms with E-state index in [9.17, 15) is 18.0 Å². The van der Waals surface area contributed by atoms with E-state index in [1.54, 1.807) is 13.0 Å². The molecule has 23 heavy (non-hydrogen) atoms. The monoisotopic (exact) mass is 360 g/mol. The first-order valence-electron chi connectivity index (χ1n) is 6.70. The fourth-order valence-corrected chi connectivity index (χ4v) is 3.10. The van der Waals surface area contributed by atoms with Crippen LogP contribution in [0.2, 0.25) is 5.02 Å². The summed E-state index contributed by atoms with van der Waals surface area (Å²) in [6.45, 7) is 1.61. The van der Waals surface area contributed by atoms with Crippen LogP contribution >= 0.6 is 11.6 Å². The largest absolute Gasteiger partial charge is 0.469 e. The number of carbonyl (C=O) groups excluding carboxylic acids is 2. The quantitative estimate of drug-likeness (QED) is 0.548. The van der Waals surface area contributed by atoms with E-state index in [0.29, 0.717) is 0 Å². The Morgan fingerprint density at radius 1 is 1.30 bits per heavy atom. The van der Waals surface area contributed by atoms with Gasteiger partial charge in [0, 0.05) is 11.5 Å². The lowest BCUT2D eigenvalue weighted by Crippen LogP contribution is -2.16. The molecule has 0 amide bonds. The van der Waals surface area contributed by atoms with Crippen molar-refractivity contribution in [2.45, 2.75) is 18.2 Å². The Hall–Kier alpha value is -1.86. The molecule has 0 radical (unpaired) electrons. The van der Waals surface area contributed by atoms with Crippen LogP contribution in [0.3, 0.4) is 0 Å². The molecule has 0 aliphatic heterocycles. The van der Waals surface area contributed by atoms with Crippen LogP contribution in [-0.4, -0.2) is 34.1 Å².